The molecule has 2 unspecified atom stereocenters. The predicted molar refractivity (Wildman–Crippen MR) is 60.4 cm³/mol. The molecule has 1 saturated carbocycles. The summed E-state index contributed by atoms with van der Waals surface area (Å²) in [5.41, 5.74) is 0.820. The van der Waals surface area contributed by atoms with Crippen LogP contribution in [0.1, 0.15) is 50.8 Å². The summed E-state index contributed by atoms with van der Waals surface area (Å²) in [6.07, 6.45) is 8.53. The lowest BCUT2D eigenvalue weighted by Crippen LogP contribution is -2.23. The number of aromatic nitrogens is 1. The van der Waals surface area contributed by atoms with Crippen molar-refractivity contribution in [1.29, 1.82) is 5.26 Å². The third-order valence-electron chi connectivity index (χ3n) is 3.64. The zero-order valence-corrected chi connectivity index (χ0v) is 9.32. The van der Waals surface area contributed by atoms with Crippen molar-refractivity contribution in [3.8, 4) is 6.07 Å². The zero-order chi connectivity index (χ0) is 10.7. The first-order valence-electron chi connectivity index (χ1n) is 5.93. The van der Waals surface area contributed by atoms with Gasteiger partial charge in [0.05, 0.1) is 0 Å². The predicted octanol–water partition coefficient (Wildman–Crippen LogP) is 3.50. The van der Waals surface area contributed by atoms with E-state index in [9.17, 15) is 0 Å². The smallest absolute Gasteiger partial charge is 0.120 e. The number of rotatable bonds is 2. The van der Waals surface area contributed by atoms with E-state index in [1.165, 1.54) is 32.1 Å². The molecule has 2 nitrogen and oxygen atoms in total. The van der Waals surface area contributed by atoms with Crippen LogP contribution in [0.4, 0.5) is 0 Å². The number of nitriles is 1. The second kappa shape index (κ2) is 4.53. The van der Waals surface area contributed by atoms with Gasteiger partial charge < -0.3 is 4.57 Å². The second-order valence-electron chi connectivity index (χ2n) is 4.43. The van der Waals surface area contributed by atoms with Crippen molar-refractivity contribution >= 4 is 0 Å². The fraction of sp³-hybridized carbons (Fsp3) is 0.615. The molecule has 2 atom stereocenters. The summed E-state index contributed by atoms with van der Waals surface area (Å²) in [6.45, 7) is 2.26. The minimum Gasteiger partial charge on any atom is -0.336 e. The first-order valence-corrected chi connectivity index (χ1v) is 5.93. The van der Waals surface area contributed by atoms with E-state index in [0.29, 0.717) is 6.04 Å². The van der Waals surface area contributed by atoms with E-state index < -0.39 is 0 Å². The monoisotopic (exact) mass is 202 g/mol. The van der Waals surface area contributed by atoms with Crippen LogP contribution in [0.5, 0.6) is 0 Å². The molecule has 0 radical (unpaired) electrons. The quantitative estimate of drug-likeness (QED) is 0.721. The normalized spacial score (nSPS) is 26.1. The van der Waals surface area contributed by atoms with Gasteiger partial charge in [-0.2, -0.15) is 5.26 Å². The van der Waals surface area contributed by atoms with Crippen LogP contribution in [-0.4, -0.2) is 4.57 Å². The van der Waals surface area contributed by atoms with E-state index in [2.05, 4.69) is 23.8 Å². The van der Waals surface area contributed by atoms with Gasteiger partial charge in [-0.1, -0.05) is 26.2 Å². The van der Waals surface area contributed by atoms with Crippen LogP contribution in [0.15, 0.2) is 18.3 Å². The van der Waals surface area contributed by atoms with E-state index in [4.69, 9.17) is 5.26 Å². The Labute approximate surface area is 91.5 Å². The second-order valence-corrected chi connectivity index (χ2v) is 4.43. The maximum atomic E-state index is 9.03. The standard InChI is InChI=1S/C13H18N2/c1-2-11-6-3-4-8-13(11)15-9-5-7-12(15)10-14/h5,7,9,11,13H,2-4,6,8H2,1H3. The maximum absolute atomic E-state index is 9.03. The molecule has 1 fully saturated rings. The van der Waals surface area contributed by atoms with Crippen molar-refractivity contribution < 1.29 is 0 Å². The van der Waals surface area contributed by atoms with Crippen LogP contribution >= 0.6 is 0 Å². The first kappa shape index (κ1) is 10.3. The SMILES string of the molecule is CCC1CCCCC1n1cccc1C#N. The van der Waals surface area contributed by atoms with Crippen LogP contribution in [0.3, 0.4) is 0 Å². The van der Waals surface area contributed by atoms with Gasteiger partial charge in [-0.05, 0) is 30.9 Å². The van der Waals surface area contributed by atoms with Crippen molar-refractivity contribution in [2.45, 2.75) is 45.1 Å². The number of nitrogens with zero attached hydrogens (tertiary/aromatic N) is 2. The average molecular weight is 202 g/mol. The maximum Gasteiger partial charge on any atom is 0.120 e. The van der Waals surface area contributed by atoms with E-state index in [-0.39, 0.29) is 0 Å². The molecule has 0 spiro atoms. The molecule has 0 N–H and O–H groups in total. The van der Waals surface area contributed by atoms with Gasteiger partial charge in [0, 0.05) is 12.2 Å². The Morgan fingerprint density at radius 1 is 1.47 bits per heavy atom. The molecule has 2 heteroatoms. The van der Waals surface area contributed by atoms with Crippen molar-refractivity contribution in [3.63, 3.8) is 0 Å². The highest BCUT2D eigenvalue weighted by Gasteiger charge is 2.25. The van der Waals surface area contributed by atoms with Gasteiger partial charge >= 0.3 is 0 Å². The summed E-state index contributed by atoms with van der Waals surface area (Å²) in [7, 11) is 0. The van der Waals surface area contributed by atoms with Gasteiger partial charge in [0.1, 0.15) is 11.8 Å². The van der Waals surface area contributed by atoms with Crippen molar-refractivity contribution in [2.75, 3.05) is 0 Å². The molecule has 0 aromatic carbocycles. The fourth-order valence-corrected chi connectivity index (χ4v) is 2.81. The van der Waals surface area contributed by atoms with Crippen LogP contribution in [-0.2, 0) is 0 Å². The molecule has 80 valence electrons. The molecule has 0 bridgehead atoms. The Hall–Kier alpha value is -1.23. The molecule has 1 aromatic heterocycles. The summed E-state index contributed by atoms with van der Waals surface area (Å²) in [5.74, 6) is 0.762. The Morgan fingerprint density at radius 2 is 2.27 bits per heavy atom. The Morgan fingerprint density at radius 3 is 3.00 bits per heavy atom. The molecule has 2 rings (SSSR count). The third kappa shape index (κ3) is 1.92. The summed E-state index contributed by atoms with van der Waals surface area (Å²) in [4.78, 5) is 0. The number of hydrogen-bond acceptors (Lipinski definition) is 1. The Bertz CT molecular complexity index is 359. The minimum atomic E-state index is 0.563. The van der Waals surface area contributed by atoms with Gasteiger partial charge in [-0.3, -0.25) is 0 Å². The molecule has 0 saturated heterocycles. The van der Waals surface area contributed by atoms with E-state index in [1.54, 1.807) is 0 Å². The third-order valence-corrected chi connectivity index (χ3v) is 3.64. The molecule has 15 heavy (non-hydrogen) atoms. The summed E-state index contributed by atoms with van der Waals surface area (Å²) >= 11 is 0. The first-order chi connectivity index (χ1) is 7.36. The van der Waals surface area contributed by atoms with E-state index >= 15 is 0 Å². The van der Waals surface area contributed by atoms with Gasteiger partial charge in [-0.15, -0.1) is 0 Å². The Kier molecular flexibility index (Phi) is 3.11. The van der Waals surface area contributed by atoms with Crippen LogP contribution in [0.25, 0.3) is 0 Å². The summed E-state index contributed by atoms with van der Waals surface area (Å²) in [5, 5.41) is 9.03. The van der Waals surface area contributed by atoms with Gasteiger partial charge in [0.25, 0.3) is 0 Å². The highest BCUT2D eigenvalue weighted by Crippen LogP contribution is 2.36. The topological polar surface area (TPSA) is 28.7 Å². The van der Waals surface area contributed by atoms with E-state index in [0.717, 1.165) is 11.6 Å². The average Bonchev–Trinajstić information content (AvgIpc) is 2.76. The Balaban J connectivity index is 2.24. The molecule has 1 aliphatic carbocycles. The molecule has 0 amide bonds. The van der Waals surface area contributed by atoms with Crippen molar-refractivity contribution in [2.24, 2.45) is 5.92 Å². The molecule has 1 aromatic rings. The van der Waals surface area contributed by atoms with Crippen LogP contribution in [0.2, 0.25) is 0 Å². The molecule has 0 aliphatic heterocycles. The van der Waals surface area contributed by atoms with Gasteiger partial charge in [0.2, 0.25) is 0 Å². The van der Waals surface area contributed by atoms with Crippen LogP contribution < -0.4 is 0 Å². The lowest BCUT2D eigenvalue weighted by Gasteiger charge is -2.32. The van der Waals surface area contributed by atoms with Crippen molar-refractivity contribution in [3.05, 3.63) is 24.0 Å². The summed E-state index contributed by atoms with van der Waals surface area (Å²) in [6, 6.07) is 6.75. The molecule has 1 heterocycles. The highest BCUT2D eigenvalue weighted by molar-refractivity contribution is 5.23. The van der Waals surface area contributed by atoms with Gasteiger partial charge in [-0.25, -0.2) is 0 Å². The lowest BCUT2D eigenvalue weighted by molar-refractivity contribution is 0.232. The van der Waals surface area contributed by atoms with Crippen molar-refractivity contribution in [1.82, 2.24) is 4.57 Å². The van der Waals surface area contributed by atoms with Gasteiger partial charge in [0.15, 0.2) is 0 Å². The zero-order valence-electron chi connectivity index (χ0n) is 9.32. The molecule has 1 aliphatic rings. The lowest BCUT2D eigenvalue weighted by atomic mass is 9.82. The van der Waals surface area contributed by atoms with Crippen LogP contribution in [0, 0.1) is 17.2 Å². The van der Waals surface area contributed by atoms with E-state index in [1.807, 2.05) is 12.1 Å². The molecular weight excluding hydrogens is 184 g/mol. The molecular formula is C13H18N2. The fourth-order valence-electron chi connectivity index (χ4n) is 2.81. The number of hydrogen-bond donors (Lipinski definition) is 0. The minimum absolute atomic E-state index is 0.563. The summed E-state index contributed by atoms with van der Waals surface area (Å²) < 4.78 is 2.19. The highest BCUT2D eigenvalue weighted by atomic mass is 15.0. The largest absolute Gasteiger partial charge is 0.336 e.